The van der Waals surface area contributed by atoms with Gasteiger partial charge in [-0.25, -0.2) is 0 Å². The number of aromatic nitrogens is 2. The standard InChI is InChI=1S/C15H23N5OS.HI/c1-12-18-14(21-19-12)7-4-9-17-15(16-2)20(3)10-8-13-6-5-11-22-13;/h5-6,11H,4,7-10H2,1-3H3,(H,16,17);1H. The van der Waals surface area contributed by atoms with Crippen LogP contribution in [0, 0.1) is 6.92 Å². The van der Waals surface area contributed by atoms with Gasteiger partial charge >= 0.3 is 0 Å². The number of hydrogen-bond acceptors (Lipinski definition) is 5. The normalized spacial score (nSPS) is 11.2. The van der Waals surface area contributed by atoms with Crippen molar-refractivity contribution in [1.29, 1.82) is 0 Å². The third-order valence-corrected chi connectivity index (χ3v) is 4.20. The molecule has 0 fully saturated rings. The minimum Gasteiger partial charge on any atom is -0.356 e. The van der Waals surface area contributed by atoms with Crippen molar-refractivity contribution in [2.45, 2.75) is 26.2 Å². The fourth-order valence-corrected chi connectivity index (χ4v) is 2.80. The van der Waals surface area contributed by atoms with Gasteiger partial charge in [0.05, 0.1) is 0 Å². The van der Waals surface area contributed by atoms with Crippen molar-refractivity contribution in [1.82, 2.24) is 20.4 Å². The molecule has 8 heteroatoms. The molecule has 0 aromatic carbocycles. The Morgan fingerprint density at radius 3 is 2.87 bits per heavy atom. The van der Waals surface area contributed by atoms with Crippen molar-refractivity contribution >= 4 is 41.3 Å². The second kappa shape index (κ2) is 10.6. The maximum absolute atomic E-state index is 5.10. The number of halogens is 1. The average molecular weight is 449 g/mol. The number of hydrogen-bond donors (Lipinski definition) is 1. The van der Waals surface area contributed by atoms with Crippen LogP contribution in [-0.2, 0) is 12.8 Å². The zero-order valence-electron chi connectivity index (χ0n) is 13.8. The van der Waals surface area contributed by atoms with Crippen LogP contribution in [0.4, 0.5) is 0 Å². The Kier molecular flexibility index (Phi) is 9.15. The zero-order chi connectivity index (χ0) is 15.8. The van der Waals surface area contributed by atoms with Crippen LogP contribution in [0.2, 0.25) is 0 Å². The Labute approximate surface area is 158 Å². The Morgan fingerprint density at radius 1 is 1.43 bits per heavy atom. The molecule has 23 heavy (non-hydrogen) atoms. The monoisotopic (exact) mass is 449 g/mol. The first kappa shape index (κ1) is 19.9. The van der Waals surface area contributed by atoms with Crippen molar-refractivity contribution in [2.24, 2.45) is 4.99 Å². The predicted octanol–water partition coefficient (Wildman–Crippen LogP) is 2.74. The smallest absolute Gasteiger partial charge is 0.226 e. The number of nitrogens with zero attached hydrogens (tertiary/aromatic N) is 4. The predicted molar refractivity (Wildman–Crippen MR) is 105 cm³/mol. The molecule has 0 aliphatic rings. The highest BCUT2D eigenvalue weighted by Crippen LogP contribution is 2.09. The fourth-order valence-electron chi connectivity index (χ4n) is 2.10. The maximum Gasteiger partial charge on any atom is 0.226 e. The van der Waals surface area contributed by atoms with Crippen LogP contribution in [0.15, 0.2) is 27.0 Å². The average Bonchev–Trinajstić information content (AvgIpc) is 3.16. The van der Waals surface area contributed by atoms with Crippen LogP contribution >= 0.6 is 35.3 Å². The van der Waals surface area contributed by atoms with Gasteiger partial charge in [-0.2, -0.15) is 4.98 Å². The van der Waals surface area contributed by atoms with E-state index in [0.717, 1.165) is 38.3 Å². The molecule has 0 atom stereocenters. The molecular formula is C15H24IN5OS. The summed E-state index contributed by atoms with van der Waals surface area (Å²) in [6.45, 7) is 3.61. The molecule has 0 saturated heterocycles. The minimum atomic E-state index is 0. The van der Waals surface area contributed by atoms with Gasteiger partial charge in [0, 0.05) is 38.5 Å². The lowest BCUT2D eigenvalue weighted by Gasteiger charge is -2.21. The third kappa shape index (κ3) is 6.86. The van der Waals surface area contributed by atoms with Crippen molar-refractivity contribution in [2.75, 3.05) is 27.2 Å². The van der Waals surface area contributed by atoms with E-state index in [1.807, 2.05) is 14.0 Å². The molecule has 2 rings (SSSR count). The van der Waals surface area contributed by atoms with Gasteiger partial charge in [0.25, 0.3) is 0 Å². The van der Waals surface area contributed by atoms with Crippen LogP contribution < -0.4 is 5.32 Å². The number of aliphatic imine (C=N–C) groups is 1. The summed E-state index contributed by atoms with van der Waals surface area (Å²) >= 11 is 1.80. The largest absolute Gasteiger partial charge is 0.356 e. The first-order valence-corrected chi connectivity index (χ1v) is 8.30. The van der Waals surface area contributed by atoms with Crippen molar-refractivity contribution < 1.29 is 4.52 Å². The van der Waals surface area contributed by atoms with Crippen LogP contribution in [0.25, 0.3) is 0 Å². The highest BCUT2D eigenvalue weighted by Gasteiger charge is 2.07. The van der Waals surface area contributed by atoms with Gasteiger partial charge in [0.15, 0.2) is 11.8 Å². The molecule has 2 heterocycles. The van der Waals surface area contributed by atoms with Gasteiger partial charge in [-0.15, -0.1) is 35.3 Å². The van der Waals surface area contributed by atoms with Crippen LogP contribution in [-0.4, -0.2) is 48.2 Å². The molecule has 0 spiro atoms. The van der Waals surface area contributed by atoms with Crippen LogP contribution in [0.5, 0.6) is 0 Å². The van der Waals surface area contributed by atoms with E-state index in [9.17, 15) is 0 Å². The molecule has 128 valence electrons. The second-order valence-corrected chi connectivity index (χ2v) is 6.10. The van der Waals surface area contributed by atoms with E-state index in [1.165, 1.54) is 4.88 Å². The number of nitrogens with one attached hydrogen (secondary N) is 1. The molecule has 2 aromatic rings. The van der Waals surface area contributed by atoms with Gasteiger partial charge in [0.1, 0.15) is 0 Å². The molecule has 0 unspecified atom stereocenters. The summed E-state index contributed by atoms with van der Waals surface area (Å²) in [5.74, 6) is 2.30. The lowest BCUT2D eigenvalue weighted by molar-refractivity contribution is 0.371. The molecule has 1 N–H and O–H groups in total. The molecule has 2 aromatic heterocycles. The summed E-state index contributed by atoms with van der Waals surface area (Å²) in [7, 11) is 3.87. The molecule has 0 bridgehead atoms. The summed E-state index contributed by atoms with van der Waals surface area (Å²) in [6.07, 6.45) is 2.75. The zero-order valence-corrected chi connectivity index (χ0v) is 16.9. The Hall–Kier alpha value is -1.16. The number of aryl methyl sites for hydroxylation is 2. The molecule has 0 amide bonds. The first-order valence-electron chi connectivity index (χ1n) is 7.42. The van der Waals surface area contributed by atoms with E-state index >= 15 is 0 Å². The van der Waals surface area contributed by atoms with Crippen LogP contribution in [0.1, 0.15) is 23.0 Å². The van der Waals surface area contributed by atoms with Gasteiger partial charge in [-0.3, -0.25) is 4.99 Å². The van der Waals surface area contributed by atoms with Crippen LogP contribution in [0.3, 0.4) is 0 Å². The quantitative estimate of drug-likeness (QED) is 0.305. The van der Waals surface area contributed by atoms with Crippen molar-refractivity contribution in [3.63, 3.8) is 0 Å². The molecule has 0 radical (unpaired) electrons. The number of thiophene rings is 1. The van der Waals surface area contributed by atoms with Gasteiger partial charge in [-0.1, -0.05) is 11.2 Å². The van der Waals surface area contributed by atoms with Gasteiger partial charge in [-0.05, 0) is 31.2 Å². The van der Waals surface area contributed by atoms with E-state index in [0.29, 0.717) is 11.7 Å². The summed E-state index contributed by atoms with van der Waals surface area (Å²) in [5, 5.41) is 9.26. The van der Waals surface area contributed by atoms with Gasteiger partial charge in [0.2, 0.25) is 5.89 Å². The fraction of sp³-hybridized carbons (Fsp3) is 0.533. The molecule has 0 saturated carbocycles. The summed E-state index contributed by atoms with van der Waals surface area (Å²) in [6, 6.07) is 4.26. The van der Waals surface area contributed by atoms with Crippen molar-refractivity contribution in [3.8, 4) is 0 Å². The summed E-state index contributed by atoms with van der Waals surface area (Å²) in [4.78, 5) is 12.1. The van der Waals surface area contributed by atoms with E-state index < -0.39 is 0 Å². The topological polar surface area (TPSA) is 66.5 Å². The van der Waals surface area contributed by atoms with E-state index in [4.69, 9.17) is 4.52 Å². The lowest BCUT2D eigenvalue weighted by atomic mass is 10.3. The van der Waals surface area contributed by atoms with E-state index in [2.05, 4.69) is 49.9 Å². The lowest BCUT2D eigenvalue weighted by Crippen LogP contribution is -2.40. The van der Waals surface area contributed by atoms with Crippen molar-refractivity contribution in [3.05, 3.63) is 34.1 Å². The first-order chi connectivity index (χ1) is 10.7. The Balaban J connectivity index is 0.00000264. The van der Waals surface area contributed by atoms with Gasteiger partial charge < -0.3 is 14.7 Å². The van der Waals surface area contributed by atoms with E-state index in [1.54, 1.807) is 11.3 Å². The minimum absolute atomic E-state index is 0. The summed E-state index contributed by atoms with van der Waals surface area (Å²) in [5.41, 5.74) is 0. The molecule has 0 aliphatic carbocycles. The Bertz CT molecular complexity index is 584. The molecule has 6 nitrogen and oxygen atoms in total. The van der Waals surface area contributed by atoms with E-state index in [-0.39, 0.29) is 24.0 Å². The molecule has 0 aliphatic heterocycles. The number of rotatable bonds is 7. The highest BCUT2D eigenvalue weighted by molar-refractivity contribution is 14.0. The molecular weight excluding hydrogens is 425 g/mol. The maximum atomic E-state index is 5.10. The number of likely N-dealkylation sites (N-methyl/N-ethyl adjacent to an activating group) is 1. The number of guanidine groups is 1. The Morgan fingerprint density at radius 2 is 2.26 bits per heavy atom. The summed E-state index contributed by atoms with van der Waals surface area (Å²) < 4.78 is 5.10. The third-order valence-electron chi connectivity index (χ3n) is 3.27. The highest BCUT2D eigenvalue weighted by atomic mass is 127. The SMILES string of the molecule is CN=C(NCCCc1nc(C)no1)N(C)CCc1cccs1.I. The second-order valence-electron chi connectivity index (χ2n) is 5.06.